The Morgan fingerprint density at radius 1 is 1.19 bits per heavy atom. The molecular formula is C22H29N5O4S. The van der Waals surface area contributed by atoms with Crippen LogP contribution >= 0.6 is 11.8 Å². The summed E-state index contributed by atoms with van der Waals surface area (Å²) in [5, 5.41) is 15.6. The number of hydrogen-bond acceptors (Lipinski definition) is 8. The number of nitrogens with zero attached hydrogens (tertiary/aromatic N) is 4. The van der Waals surface area contributed by atoms with Gasteiger partial charge in [0, 0.05) is 12.6 Å². The van der Waals surface area contributed by atoms with E-state index in [1.165, 1.54) is 11.8 Å². The molecule has 0 radical (unpaired) electrons. The molecule has 9 nitrogen and oxygen atoms in total. The number of ether oxygens (including phenoxy) is 2. The third-order valence-corrected chi connectivity index (χ3v) is 5.64. The van der Waals surface area contributed by atoms with Crippen molar-refractivity contribution in [2.75, 3.05) is 12.4 Å². The maximum Gasteiger partial charge on any atom is 0.238 e. The minimum Gasteiger partial charge on any atom is -0.493 e. The van der Waals surface area contributed by atoms with Crippen LogP contribution in [-0.2, 0) is 11.3 Å². The molecule has 32 heavy (non-hydrogen) atoms. The number of para-hydroxylation sites is 2. The van der Waals surface area contributed by atoms with Crippen LogP contribution in [0.25, 0.3) is 0 Å². The number of rotatable bonds is 10. The molecule has 0 saturated carbocycles. The molecule has 2 atom stereocenters. The second-order valence-electron chi connectivity index (χ2n) is 7.83. The van der Waals surface area contributed by atoms with Crippen molar-refractivity contribution in [1.29, 1.82) is 0 Å². The lowest BCUT2D eigenvalue weighted by Crippen LogP contribution is -2.23. The topological polar surface area (TPSA) is 104 Å². The minimum absolute atomic E-state index is 0.192. The highest BCUT2D eigenvalue weighted by atomic mass is 32.2. The molecule has 0 spiro atoms. The fraction of sp³-hybridized carbons (Fsp3) is 0.455. The van der Waals surface area contributed by atoms with Crippen LogP contribution in [-0.4, -0.2) is 38.2 Å². The van der Waals surface area contributed by atoms with E-state index in [-0.39, 0.29) is 12.0 Å². The lowest BCUT2D eigenvalue weighted by molar-refractivity contribution is -0.115. The fourth-order valence-electron chi connectivity index (χ4n) is 3.05. The number of amides is 1. The van der Waals surface area contributed by atoms with Gasteiger partial charge in [-0.25, -0.2) is 0 Å². The van der Waals surface area contributed by atoms with E-state index in [2.05, 4.69) is 34.5 Å². The number of aromatic nitrogens is 4. The van der Waals surface area contributed by atoms with Gasteiger partial charge in [-0.15, -0.1) is 10.2 Å². The molecule has 2 aromatic heterocycles. The molecule has 3 aromatic rings. The summed E-state index contributed by atoms with van der Waals surface area (Å²) >= 11 is 1.34. The summed E-state index contributed by atoms with van der Waals surface area (Å²) < 4.78 is 18.5. The molecule has 0 saturated heterocycles. The van der Waals surface area contributed by atoms with E-state index in [4.69, 9.17) is 14.0 Å². The van der Waals surface area contributed by atoms with Crippen molar-refractivity contribution in [2.24, 2.45) is 5.92 Å². The minimum atomic E-state index is -0.416. The molecule has 3 rings (SSSR count). The van der Waals surface area contributed by atoms with Gasteiger partial charge in [-0.1, -0.05) is 42.9 Å². The van der Waals surface area contributed by atoms with Gasteiger partial charge in [0.15, 0.2) is 34.4 Å². The molecule has 0 bridgehead atoms. The molecule has 1 N–H and O–H groups in total. The van der Waals surface area contributed by atoms with Gasteiger partial charge in [0.1, 0.15) is 5.76 Å². The zero-order chi connectivity index (χ0) is 23.3. The van der Waals surface area contributed by atoms with Crippen LogP contribution in [0.1, 0.15) is 45.4 Å². The zero-order valence-electron chi connectivity index (χ0n) is 19.2. The standard InChI is InChI=1S/C22H29N5O4S/c1-13(2)12-27-20(15(4)30-18-10-8-7-9-17(18)29-6)24-25-22(27)32-16(5)21(28)23-19-11-14(3)31-26-19/h7-11,13,15-16H,12H2,1-6H3,(H,23,26,28). The van der Waals surface area contributed by atoms with Crippen LogP contribution in [0, 0.1) is 12.8 Å². The third kappa shape index (κ3) is 5.82. The summed E-state index contributed by atoms with van der Waals surface area (Å²) in [5.41, 5.74) is 0. The quantitative estimate of drug-likeness (QED) is 0.442. The van der Waals surface area contributed by atoms with E-state index >= 15 is 0 Å². The van der Waals surface area contributed by atoms with Crippen LogP contribution in [0.4, 0.5) is 5.82 Å². The molecular weight excluding hydrogens is 430 g/mol. The number of aryl methyl sites for hydroxylation is 1. The van der Waals surface area contributed by atoms with Gasteiger partial charge in [0.05, 0.1) is 12.4 Å². The first kappa shape index (κ1) is 23.6. The lowest BCUT2D eigenvalue weighted by Gasteiger charge is -2.19. The van der Waals surface area contributed by atoms with Crippen molar-refractivity contribution in [1.82, 2.24) is 19.9 Å². The number of anilines is 1. The van der Waals surface area contributed by atoms with Gasteiger partial charge in [0.25, 0.3) is 0 Å². The molecule has 2 heterocycles. The molecule has 0 aliphatic rings. The Kier molecular flexibility index (Phi) is 7.79. The molecule has 0 fully saturated rings. The van der Waals surface area contributed by atoms with Gasteiger partial charge in [0.2, 0.25) is 5.91 Å². The van der Waals surface area contributed by atoms with Gasteiger partial charge >= 0.3 is 0 Å². The summed E-state index contributed by atoms with van der Waals surface area (Å²) in [4.78, 5) is 12.6. The Hall–Kier alpha value is -3.01. The number of carbonyl (C=O) groups excluding carboxylic acids is 1. The second-order valence-corrected chi connectivity index (χ2v) is 9.14. The summed E-state index contributed by atoms with van der Waals surface area (Å²) in [7, 11) is 1.61. The van der Waals surface area contributed by atoms with Crippen LogP contribution in [0.3, 0.4) is 0 Å². The van der Waals surface area contributed by atoms with Crippen molar-refractivity contribution in [3.05, 3.63) is 41.9 Å². The first-order valence-electron chi connectivity index (χ1n) is 10.4. The number of benzene rings is 1. The molecule has 2 unspecified atom stereocenters. The van der Waals surface area contributed by atoms with Crippen molar-refractivity contribution in [2.45, 2.75) is 57.7 Å². The van der Waals surface area contributed by atoms with E-state index < -0.39 is 5.25 Å². The summed E-state index contributed by atoms with van der Waals surface area (Å²) in [6, 6.07) is 9.15. The Labute approximate surface area is 191 Å². The maximum atomic E-state index is 12.6. The molecule has 10 heteroatoms. The third-order valence-electron chi connectivity index (χ3n) is 4.56. The van der Waals surface area contributed by atoms with Gasteiger partial charge < -0.3 is 23.9 Å². The Morgan fingerprint density at radius 2 is 1.91 bits per heavy atom. The second kappa shape index (κ2) is 10.5. The van der Waals surface area contributed by atoms with Crippen LogP contribution in [0.2, 0.25) is 0 Å². The number of methoxy groups -OCH3 is 1. The molecule has 1 aromatic carbocycles. The van der Waals surface area contributed by atoms with E-state index in [0.29, 0.717) is 46.5 Å². The Morgan fingerprint density at radius 3 is 2.53 bits per heavy atom. The average molecular weight is 460 g/mol. The maximum absolute atomic E-state index is 12.6. The average Bonchev–Trinajstić information content (AvgIpc) is 3.33. The summed E-state index contributed by atoms with van der Waals surface area (Å²) in [5.74, 6) is 3.15. The van der Waals surface area contributed by atoms with Crippen molar-refractivity contribution in [3.63, 3.8) is 0 Å². The summed E-state index contributed by atoms with van der Waals surface area (Å²) in [6.45, 7) is 10.4. The predicted octanol–water partition coefficient (Wildman–Crippen LogP) is 4.50. The molecule has 0 aliphatic carbocycles. The zero-order valence-corrected chi connectivity index (χ0v) is 20.0. The largest absolute Gasteiger partial charge is 0.493 e. The molecule has 0 aliphatic heterocycles. The number of carbonyl (C=O) groups is 1. The highest BCUT2D eigenvalue weighted by Crippen LogP contribution is 2.32. The van der Waals surface area contributed by atoms with Crippen LogP contribution in [0.15, 0.2) is 40.0 Å². The molecule has 1 amide bonds. The van der Waals surface area contributed by atoms with E-state index in [0.717, 1.165) is 0 Å². The van der Waals surface area contributed by atoms with E-state index in [1.54, 1.807) is 20.1 Å². The first-order valence-corrected chi connectivity index (χ1v) is 11.3. The summed E-state index contributed by atoms with van der Waals surface area (Å²) in [6.07, 6.45) is -0.367. The Balaban J connectivity index is 1.77. The fourth-order valence-corrected chi connectivity index (χ4v) is 3.91. The van der Waals surface area contributed by atoms with E-state index in [1.807, 2.05) is 42.7 Å². The van der Waals surface area contributed by atoms with Gasteiger partial charge in [-0.2, -0.15) is 0 Å². The number of nitrogens with one attached hydrogen (secondary N) is 1. The highest BCUT2D eigenvalue weighted by Gasteiger charge is 2.25. The number of thioether (sulfide) groups is 1. The highest BCUT2D eigenvalue weighted by molar-refractivity contribution is 8.00. The smallest absolute Gasteiger partial charge is 0.238 e. The van der Waals surface area contributed by atoms with Crippen molar-refractivity contribution in [3.8, 4) is 11.5 Å². The Bertz CT molecular complexity index is 1050. The van der Waals surface area contributed by atoms with Crippen molar-refractivity contribution < 1.29 is 18.8 Å². The number of hydrogen-bond donors (Lipinski definition) is 1. The van der Waals surface area contributed by atoms with Crippen LogP contribution in [0.5, 0.6) is 11.5 Å². The first-order chi connectivity index (χ1) is 15.3. The molecule has 172 valence electrons. The predicted molar refractivity (Wildman–Crippen MR) is 122 cm³/mol. The lowest BCUT2D eigenvalue weighted by atomic mass is 10.2. The van der Waals surface area contributed by atoms with Gasteiger partial charge in [-0.3, -0.25) is 4.79 Å². The monoisotopic (exact) mass is 459 g/mol. The SMILES string of the molecule is COc1ccccc1OC(C)c1nnc(SC(C)C(=O)Nc2cc(C)on2)n1CC(C)C. The van der Waals surface area contributed by atoms with Crippen LogP contribution < -0.4 is 14.8 Å². The van der Waals surface area contributed by atoms with Gasteiger partial charge in [-0.05, 0) is 38.8 Å². The van der Waals surface area contributed by atoms with Crippen molar-refractivity contribution >= 4 is 23.5 Å². The van der Waals surface area contributed by atoms with E-state index in [9.17, 15) is 4.79 Å². The normalized spacial score (nSPS) is 13.1.